The Bertz CT molecular complexity index is 665. The molecule has 0 saturated carbocycles. The summed E-state index contributed by atoms with van der Waals surface area (Å²) in [6, 6.07) is 3.49. The van der Waals surface area contributed by atoms with Crippen molar-refractivity contribution < 1.29 is 17.2 Å². The van der Waals surface area contributed by atoms with Crippen LogP contribution in [0, 0.1) is 11.6 Å². The van der Waals surface area contributed by atoms with E-state index in [0.29, 0.717) is 0 Å². The molecule has 1 aromatic heterocycles. The van der Waals surface area contributed by atoms with E-state index in [1.165, 1.54) is 10.6 Å². The molecule has 0 unspecified atom stereocenters. The maximum atomic E-state index is 13.4. The Hall–Kier alpha value is -1.47. The van der Waals surface area contributed by atoms with E-state index in [4.69, 9.17) is 10.7 Å². The van der Waals surface area contributed by atoms with Gasteiger partial charge in [-0.05, 0) is 12.1 Å². The van der Waals surface area contributed by atoms with Gasteiger partial charge in [-0.1, -0.05) is 6.07 Å². The van der Waals surface area contributed by atoms with Crippen molar-refractivity contribution in [2.24, 2.45) is 0 Å². The lowest BCUT2D eigenvalue weighted by Gasteiger charge is -2.04. The van der Waals surface area contributed by atoms with E-state index in [0.717, 1.165) is 24.7 Å². The Morgan fingerprint density at radius 1 is 1.28 bits per heavy atom. The van der Waals surface area contributed by atoms with Crippen molar-refractivity contribution in [3.05, 3.63) is 47.9 Å². The van der Waals surface area contributed by atoms with Gasteiger partial charge < -0.3 is 4.57 Å². The highest BCUT2D eigenvalue weighted by Crippen LogP contribution is 2.16. The molecule has 2 aromatic rings. The largest absolute Gasteiger partial charge is 0.331 e. The van der Waals surface area contributed by atoms with Crippen LogP contribution in [0.15, 0.2) is 35.7 Å². The summed E-state index contributed by atoms with van der Waals surface area (Å²) in [4.78, 5) is 3.54. The molecule has 0 radical (unpaired) electrons. The van der Waals surface area contributed by atoms with Gasteiger partial charge in [0.25, 0.3) is 9.05 Å². The molecular formula is C10H7ClF2N2O2S. The van der Waals surface area contributed by atoms with Crippen LogP contribution in [-0.2, 0) is 15.6 Å². The molecule has 0 fully saturated rings. The minimum atomic E-state index is -3.94. The van der Waals surface area contributed by atoms with Crippen LogP contribution in [0.1, 0.15) is 5.56 Å². The quantitative estimate of drug-likeness (QED) is 0.815. The van der Waals surface area contributed by atoms with Crippen molar-refractivity contribution in [2.45, 2.75) is 11.6 Å². The first-order valence-electron chi connectivity index (χ1n) is 4.77. The van der Waals surface area contributed by atoms with Gasteiger partial charge in [0.1, 0.15) is 11.6 Å². The van der Waals surface area contributed by atoms with Gasteiger partial charge in [-0.2, -0.15) is 0 Å². The number of benzene rings is 1. The van der Waals surface area contributed by atoms with Crippen molar-refractivity contribution in [2.75, 3.05) is 0 Å². The van der Waals surface area contributed by atoms with Crippen LogP contribution in [0.3, 0.4) is 0 Å². The van der Waals surface area contributed by atoms with Crippen LogP contribution < -0.4 is 0 Å². The maximum absolute atomic E-state index is 13.4. The van der Waals surface area contributed by atoms with E-state index in [2.05, 4.69) is 4.98 Å². The van der Waals surface area contributed by atoms with E-state index >= 15 is 0 Å². The molecule has 18 heavy (non-hydrogen) atoms. The fraction of sp³-hybridized carbons (Fsp3) is 0.100. The van der Waals surface area contributed by atoms with Crippen molar-refractivity contribution in [3.8, 4) is 0 Å². The summed E-state index contributed by atoms with van der Waals surface area (Å²) in [6.07, 6.45) is 2.25. The zero-order valence-corrected chi connectivity index (χ0v) is 10.4. The third kappa shape index (κ3) is 2.68. The molecule has 0 atom stereocenters. The molecule has 1 aromatic carbocycles. The predicted octanol–water partition coefficient (Wildman–Crippen LogP) is 2.14. The molecule has 96 valence electrons. The molecule has 0 spiro atoms. The number of hydrogen-bond donors (Lipinski definition) is 0. The Labute approximate surface area is 106 Å². The van der Waals surface area contributed by atoms with Crippen LogP contribution in [0.2, 0.25) is 0 Å². The summed E-state index contributed by atoms with van der Waals surface area (Å²) in [6.45, 7) is -0.169. The first-order chi connectivity index (χ1) is 8.38. The number of aromatic nitrogens is 2. The van der Waals surface area contributed by atoms with Gasteiger partial charge in [-0.3, -0.25) is 0 Å². The van der Waals surface area contributed by atoms with Gasteiger partial charge >= 0.3 is 0 Å². The second kappa shape index (κ2) is 4.66. The van der Waals surface area contributed by atoms with E-state index in [1.807, 2.05) is 0 Å². The molecule has 8 heteroatoms. The second-order valence-corrected chi connectivity index (χ2v) is 6.04. The predicted molar refractivity (Wildman–Crippen MR) is 60.7 cm³/mol. The molecule has 2 rings (SSSR count). The van der Waals surface area contributed by atoms with Crippen molar-refractivity contribution in [3.63, 3.8) is 0 Å². The minimum Gasteiger partial charge on any atom is -0.331 e. The maximum Gasteiger partial charge on any atom is 0.280 e. The molecular weight excluding hydrogens is 286 g/mol. The van der Waals surface area contributed by atoms with Gasteiger partial charge in [0.2, 0.25) is 0 Å². The van der Waals surface area contributed by atoms with Crippen LogP contribution >= 0.6 is 10.7 Å². The van der Waals surface area contributed by atoms with Crippen LogP contribution in [-0.4, -0.2) is 18.0 Å². The number of nitrogens with zero attached hydrogens (tertiary/aromatic N) is 2. The molecule has 0 aliphatic rings. The summed E-state index contributed by atoms with van der Waals surface area (Å²) in [5.41, 5.74) is -0.173. The first-order valence-corrected chi connectivity index (χ1v) is 7.08. The summed E-state index contributed by atoms with van der Waals surface area (Å²) >= 11 is 0. The average Bonchev–Trinajstić information content (AvgIpc) is 2.72. The highest BCUT2D eigenvalue weighted by atomic mass is 35.7. The van der Waals surface area contributed by atoms with E-state index < -0.39 is 20.7 Å². The highest BCUT2D eigenvalue weighted by molar-refractivity contribution is 8.13. The van der Waals surface area contributed by atoms with Gasteiger partial charge in [-0.25, -0.2) is 22.2 Å². The Morgan fingerprint density at radius 2 is 1.89 bits per heavy atom. The number of imidazole rings is 1. The Balaban J connectivity index is 2.33. The third-order valence-corrected chi connectivity index (χ3v) is 3.45. The van der Waals surface area contributed by atoms with Crippen molar-refractivity contribution in [1.29, 1.82) is 0 Å². The summed E-state index contributed by atoms with van der Waals surface area (Å²) in [7, 11) is 1.14. The Kier molecular flexibility index (Phi) is 3.36. The molecule has 4 nitrogen and oxygen atoms in total. The van der Waals surface area contributed by atoms with Crippen molar-refractivity contribution >= 4 is 19.7 Å². The molecule has 0 bridgehead atoms. The molecule has 0 aliphatic heterocycles. The zero-order valence-electron chi connectivity index (χ0n) is 8.85. The molecule has 0 amide bonds. The van der Waals surface area contributed by atoms with Crippen LogP contribution in [0.4, 0.5) is 8.78 Å². The van der Waals surface area contributed by atoms with E-state index in [-0.39, 0.29) is 17.1 Å². The van der Waals surface area contributed by atoms with Gasteiger partial charge in [0.15, 0.2) is 5.03 Å². The fourth-order valence-corrected chi connectivity index (χ4v) is 2.09. The van der Waals surface area contributed by atoms with Crippen LogP contribution in [0.25, 0.3) is 0 Å². The molecule has 0 aliphatic carbocycles. The van der Waals surface area contributed by atoms with Gasteiger partial charge in [-0.15, -0.1) is 0 Å². The number of halogens is 3. The zero-order chi connectivity index (χ0) is 13.3. The average molecular weight is 293 g/mol. The minimum absolute atomic E-state index is 0.169. The van der Waals surface area contributed by atoms with E-state index in [9.17, 15) is 17.2 Å². The lowest BCUT2D eigenvalue weighted by atomic mass is 10.2. The molecule has 0 saturated heterocycles. The van der Waals surface area contributed by atoms with Gasteiger partial charge in [0.05, 0.1) is 12.9 Å². The SMILES string of the molecule is O=S(=O)(Cl)c1cn(Cc2c(F)cccc2F)cn1. The van der Waals surface area contributed by atoms with Crippen LogP contribution in [0.5, 0.6) is 0 Å². The topological polar surface area (TPSA) is 52.0 Å². The van der Waals surface area contributed by atoms with E-state index in [1.54, 1.807) is 0 Å². The second-order valence-electron chi connectivity index (χ2n) is 3.52. The molecule has 0 N–H and O–H groups in total. The smallest absolute Gasteiger partial charge is 0.280 e. The summed E-state index contributed by atoms with van der Waals surface area (Å²) < 4.78 is 49.9. The standard InChI is InChI=1S/C10H7ClF2N2O2S/c11-18(16,17)10-5-15(6-14-10)4-7-8(12)2-1-3-9(7)13/h1-3,5-6H,4H2. The molecule has 1 heterocycles. The van der Waals surface area contributed by atoms with Gasteiger partial charge in [0, 0.05) is 22.4 Å². The number of rotatable bonds is 3. The van der Waals surface area contributed by atoms with Crippen molar-refractivity contribution in [1.82, 2.24) is 9.55 Å². The highest BCUT2D eigenvalue weighted by Gasteiger charge is 2.15. The Morgan fingerprint density at radius 3 is 2.39 bits per heavy atom. The first kappa shape index (κ1) is 13.0. The normalized spacial score (nSPS) is 11.7. The lowest BCUT2D eigenvalue weighted by molar-refractivity contribution is 0.544. The summed E-state index contributed by atoms with van der Waals surface area (Å²) in [5.74, 6) is -1.42. The number of hydrogen-bond acceptors (Lipinski definition) is 3. The third-order valence-electron chi connectivity index (χ3n) is 2.26. The summed E-state index contributed by atoms with van der Waals surface area (Å²) in [5, 5.41) is -0.360. The fourth-order valence-electron chi connectivity index (χ4n) is 1.42. The monoisotopic (exact) mass is 292 g/mol. The lowest BCUT2D eigenvalue weighted by Crippen LogP contribution is -2.02.